The molecule has 0 aliphatic carbocycles. The molecule has 0 spiro atoms. The average Bonchev–Trinajstić information content (AvgIpc) is 2.95. The first-order valence-corrected chi connectivity index (χ1v) is 11.6. The highest BCUT2D eigenvalue weighted by molar-refractivity contribution is 7.68. The van der Waals surface area contributed by atoms with E-state index < -0.39 is 57.4 Å². The van der Waals surface area contributed by atoms with Gasteiger partial charge in [0.05, 0.1) is 6.10 Å². The predicted molar refractivity (Wildman–Crippen MR) is 102 cm³/mol. The zero-order chi connectivity index (χ0) is 22.7. The van der Waals surface area contributed by atoms with Gasteiger partial charge in [0.1, 0.15) is 18.2 Å². The monoisotopic (exact) mass is 471 g/mol. The molecule has 2 heterocycles. The number of rotatable bonds is 9. The van der Waals surface area contributed by atoms with Gasteiger partial charge in [0, 0.05) is 26.5 Å². The Morgan fingerprint density at radius 1 is 1.27 bits per heavy atom. The summed E-state index contributed by atoms with van der Waals surface area (Å²) in [5, 5.41) is 0. The maximum atomic E-state index is 12.3. The molecular weight excluding hydrogens is 448 g/mol. The molecule has 1 saturated heterocycles. The van der Waals surface area contributed by atoms with E-state index in [4.69, 9.17) is 18.5 Å². The number of aliphatic imine (C=N–C) groups is 1. The van der Waals surface area contributed by atoms with E-state index >= 15 is 0 Å². The van der Waals surface area contributed by atoms with E-state index in [9.17, 15) is 28.5 Å². The Balaban J connectivity index is 2.46. The Morgan fingerprint density at radius 3 is 2.47 bits per heavy atom. The Hall–Kier alpha value is -1.47. The number of hydrogen-bond acceptors (Lipinski definition) is 10. The second kappa shape index (κ2) is 9.77. The van der Waals surface area contributed by atoms with Crippen LogP contribution in [0.1, 0.15) is 20.1 Å². The molecule has 0 amide bonds. The standard InChI is InChI=1S/C14H23N3O11P2/c1-8(2)27-30(22,23)28-10-11(24-3)13(17-6-5-9(18)16-14(17)19)26-12(10)15-7-29(20,21)25-4/h5-8,10-13H,1-4H3,(H,20,21)(H,22,23)(H,16,18,19)/b15-7+/t10?,11?,12-,13+/m0/s1. The molecule has 170 valence electrons. The van der Waals surface area contributed by atoms with Crippen LogP contribution >= 0.6 is 15.4 Å². The summed E-state index contributed by atoms with van der Waals surface area (Å²) in [4.78, 5) is 48.8. The number of phosphoric acid groups is 1. The predicted octanol–water partition coefficient (Wildman–Crippen LogP) is 0.177. The van der Waals surface area contributed by atoms with Crippen molar-refractivity contribution >= 4 is 21.4 Å². The fourth-order valence-corrected chi connectivity index (χ4v) is 4.11. The quantitative estimate of drug-likeness (QED) is 0.329. The second-order valence-electron chi connectivity index (χ2n) is 6.34. The summed E-state index contributed by atoms with van der Waals surface area (Å²) in [6, 6.07) is 1.05. The number of H-pyrrole nitrogens is 1. The molecule has 1 aromatic heterocycles. The Kier molecular flexibility index (Phi) is 8.08. The van der Waals surface area contributed by atoms with Crippen molar-refractivity contribution < 1.29 is 42.0 Å². The number of nitrogens with one attached hydrogen (secondary N) is 1. The number of nitrogens with zero attached hydrogens (tertiary/aromatic N) is 2. The van der Waals surface area contributed by atoms with Gasteiger partial charge in [-0.05, 0) is 13.8 Å². The third kappa shape index (κ3) is 6.27. The Labute approximate surface area is 170 Å². The average molecular weight is 471 g/mol. The highest BCUT2D eigenvalue weighted by Crippen LogP contribution is 2.50. The van der Waals surface area contributed by atoms with Gasteiger partial charge in [-0.1, -0.05) is 0 Å². The van der Waals surface area contributed by atoms with Crippen LogP contribution in [0.4, 0.5) is 0 Å². The number of aromatic amines is 1. The summed E-state index contributed by atoms with van der Waals surface area (Å²) in [6.07, 6.45) is -4.93. The zero-order valence-electron chi connectivity index (χ0n) is 16.5. The fraction of sp³-hybridized carbons (Fsp3) is 0.643. The van der Waals surface area contributed by atoms with E-state index in [1.807, 2.05) is 4.98 Å². The minimum atomic E-state index is -4.64. The molecule has 4 unspecified atom stereocenters. The van der Waals surface area contributed by atoms with Crippen molar-refractivity contribution in [2.24, 2.45) is 4.99 Å². The number of ether oxygens (including phenoxy) is 2. The molecular formula is C14H23N3O11P2. The van der Waals surface area contributed by atoms with Crippen molar-refractivity contribution in [2.75, 3.05) is 14.2 Å². The lowest BCUT2D eigenvalue weighted by Crippen LogP contribution is -2.39. The highest BCUT2D eigenvalue weighted by atomic mass is 31.2. The van der Waals surface area contributed by atoms with Crippen LogP contribution in [-0.4, -0.2) is 64.1 Å². The minimum Gasteiger partial charge on any atom is -0.374 e. The summed E-state index contributed by atoms with van der Waals surface area (Å²) in [7, 11) is -6.64. The molecule has 16 heteroatoms. The highest BCUT2D eigenvalue weighted by Gasteiger charge is 2.50. The third-order valence-electron chi connectivity index (χ3n) is 3.78. The molecule has 3 N–H and O–H groups in total. The van der Waals surface area contributed by atoms with E-state index in [0.717, 1.165) is 23.9 Å². The molecule has 0 saturated carbocycles. The van der Waals surface area contributed by atoms with Crippen LogP contribution in [0.25, 0.3) is 0 Å². The van der Waals surface area contributed by atoms with Crippen LogP contribution < -0.4 is 11.2 Å². The first-order chi connectivity index (χ1) is 13.9. The van der Waals surface area contributed by atoms with Gasteiger partial charge in [0.25, 0.3) is 5.56 Å². The van der Waals surface area contributed by atoms with Crippen molar-refractivity contribution in [3.05, 3.63) is 33.1 Å². The summed E-state index contributed by atoms with van der Waals surface area (Å²) in [5.74, 6) is 0.560. The largest absolute Gasteiger partial charge is 0.472 e. The second-order valence-corrected chi connectivity index (χ2v) is 9.42. The van der Waals surface area contributed by atoms with Crippen molar-refractivity contribution in [2.45, 2.75) is 44.6 Å². The van der Waals surface area contributed by atoms with Gasteiger partial charge in [-0.3, -0.25) is 33.0 Å². The lowest BCUT2D eigenvalue weighted by Gasteiger charge is -2.24. The van der Waals surface area contributed by atoms with Gasteiger partial charge in [-0.2, -0.15) is 0 Å². The zero-order valence-corrected chi connectivity index (χ0v) is 18.3. The summed E-state index contributed by atoms with van der Waals surface area (Å²) in [6.45, 7) is 3.01. The SMILES string of the molecule is COC1C(OP(=O)(O)OC(C)C)[C@@H](/N=C/P(=O)(O)OC)O[C@H]1n1ccc(=O)[nH]c1=O. The van der Waals surface area contributed by atoms with E-state index in [0.29, 0.717) is 5.96 Å². The van der Waals surface area contributed by atoms with Crippen molar-refractivity contribution in [3.63, 3.8) is 0 Å². The van der Waals surface area contributed by atoms with E-state index in [1.165, 1.54) is 21.0 Å². The van der Waals surface area contributed by atoms with Crippen molar-refractivity contribution in [3.8, 4) is 0 Å². The van der Waals surface area contributed by atoms with Crippen LogP contribution in [0, 0.1) is 0 Å². The van der Waals surface area contributed by atoms with Gasteiger partial charge in [0.2, 0.25) is 0 Å². The normalized spacial score (nSPS) is 28.6. The van der Waals surface area contributed by atoms with Crippen molar-refractivity contribution in [1.29, 1.82) is 0 Å². The fourth-order valence-electron chi connectivity index (χ4n) is 2.60. The maximum Gasteiger partial charge on any atom is 0.472 e. The first kappa shape index (κ1) is 24.8. The molecule has 0 aromatic carbocycles. The number of methoxy groups -OCH3 is 1. The summed E-state index contributed by atoms with van der Waals surface area (Å²) in [5.41, 5.74) is -1.51. The Bertz CT molecular complexity index is 974. The molecule has 1 fully saturated rings. The van der Waals surface area contributed by atoms with Gasteiger partial charge in [-0.25, -0.2) is 9.36 Å². The molecule has 1 aromatic rings. The molecule has 1 aliphatic rings. The molecule has 0 radical (unpaired) electrons. The van der Waals surface area contributed by atoms with Crippen LogP contribution in [0.15, 0.2) is 26.8 Å². The maximum absolute atomic E-state index is 12.3. The summed E-state index contributed by atoms with van der Waals surface area (Å²) >= 11 is 0. The molecule has 30 heavy (non-hydrogen) atoms. The van der Waals surface area contributed by atoms with E-state index in [-0.39, 0.29) is 0 Å². The molecule has 2 rings (SSSR count). The summed E-state index contributed by atoms with van der Waals surface area (Å²) < 4.78 is 50.3. The smallest absolute Gasteiger partial charge is 0.374 e. The van der Waals surface area contributed by atoms with Crippen LogP contribution in [-0.2, 0) is 32.2 Å². The molecule has 14 nitrogen and oxygen atoms in total. The third-order valence-corrected chi connectivity index (χ3v) is 5.93. The van der Waals surface area contributed by atoms with E-state index in [2.05, 4.69) is 9.52 Å². The molecule has 0 bridgehead atoms. The van der Waals surface area contributed by atoms with Gasteiger partial charge < -0.3 is 23.8 Å². The topological polar surface area (TPSA) is 188 Å². The molecule has 6 atom stereocenters. The van der Waals surface area contributed by atoms with E-state index in [1.54, 1.807) is 0 Å². The van der Waals surface area contributed by atoms with Crippen molar-refractivity contribution in [1.82, 2.24) is 9.55 Å². The van der Waals surface area contributed by atoms with Crippen LogP contribution in [0.3, 0.4) is 0 Å². The van der Waals surface area contributed by atoms with Crippen LogP contribution in [0.5, 0.6) is 0 Å². The number of aromatic nitrogens is 2. The van der Waals surface area contributed by atoms with Crippen LogP contribution in [0.2, 0.25) is 0 Å². The lowest BCUT2D eigenvalue weighted by molar-refractivity contribution is -0.0528. The lowest BCUT2D eigenvalue weighted by atomic mass is 10.2. The Morgan fingerprint density at radius 2 is 1.93 bits per heavy atom. The molecule has 1 aliphatic heterocycles. The first-order valence-electron chi connectivity index (χ1n) is 8.51. The van der Waals surface area contributed by atoms with Gasteiger partial charge in [0.15, 0.2) is 12.5 Å². The number of phosphoric ester groups is 1. The number of hydrogen-bond donors (Lipinski definition) is 3. The van der Waals surface area contributed by atoms with Gasteiger partial charge >= 0.3 is 21.1 Å². The van der Waals surface area contributed by atoms with Gasteiger partial charge in [-0.15, -0.1) is 0 Å². The minimum absolute atomic E-state index is 0.560.